The van der Waals surface area contributed by atoms with Gasteiger partial charge < -0.3 is 15.2 Å². The molecule has 6 nitrogen and oxygen atoms in total. The Labute approximate surface area is 196 Å². The lowest BCUT2D eigenvalue weighted by Crippen LogP contribution is -2.23. The molecule has 0 aliphatic carbocycles. The van der Waals surface area contributed by atoms with Crippen molar-refractivity contribution in [2.45, 2.75) is 30.8 Å². The summed E-state index contributed by atoms with van der Waals surface area (Å²) in [7, 11) is 1.90. The molecule has 0 radical (unpaired) electrons. The molecule has 4 rings (SSSR count). The van der Waals surface area contributed by atoms with Crippen molar-refractivity contribution < 1.29 is 4.79 Å². The van der Waals surface area contributed by atoms with Gasteiger partial charge in [0.2, 0.25) is 5.91 Å². The average molecular weight is 466 g/mol. The van der Waals surface area contributed by atoms with Gasteiger partial charge in [0.05, 0.1) is 11.8 Å². The Hall–Kier alpha value is -3.03. The lowest BCUT2D eigenvalue weighted by Gasteiger charge is -2.13. The highest BCUT2D eigenvalue weighted by atomic mass is 35.5. The first kappa shape index (κ1) is 22.2. The van der Waals surface area contributed by atoms with E-state index in [2.05, 4.69) is 20.8 Å². The minimum atomic E-state index is -0.339. The summed E-state index contributed by atoms with van der Waals surface area (Å²) in [5.74, 6) is 0.689. The molecule has 8 heteroatoms. The normalized spacial score (nSPS) is 12.0. The summed E-state index contributed by atoms with van der Waals surface area (Å²) >= 11 is 7.57. The van der Waals surface area contributed by atoms with E-state index in [9.17, 15) is 4.79 Å². The number of fused-ring (bicyclic) bond motifs is 1. The Kier molecular flexibility index (Phi) is 6.67. The molecule has 0 aliphatic heterocycles. The van der Waals surface area contributed by atoms with Crippen LogP contribution in [0.5, 0.6) is 0 Å². The number of halogens is 1. The molecule has 0 saturated carbocycles. The van der Waals surface area contributed by atoms with Crippen molar-refractivity contribution in [1.29, 1.82) is 0 Å². The second kappa shape index (κ2) is 9.63. The van der Waals surface area contributed by atoms with E-state index in [1.54, 1.807) is 0 Å². The Bertz CT molecular complexity index is 1270. The molecule has 0 aliphatic rings. The molecule has 4 aromatic rings. The van der Waals surface area contributed by atoms with Crippen LogP contribution in [0.2, 0.25) is 5.02 Å². The van der Waals surface area contributed by atoms with E-state index >= 15 is 0 Å². The SMILES string of the molecule is Cc1ccc(NCc2nnc(S[C@H](C)C(=O)Nc3cccc4ccccc34)n2C)cc1Cl. The van der Waals surface area contributed by atoms with Crippen LogP contribution in [0.15, 0.2) is 65.8 Å². The van der Waals surface area contributed by atoms with Crippen LogP contribution in [-0.4, -0.2) is 25.9 Å². The highest BCUT2D eigenvalue weighted by Gasteiger charge is 2.19. The smallest absolute Gasteiger partial charge is 0.237 e. The summed E-state index contributed by atoms with van der Waals surface area (Å²) in [4.78, 5) is 12.8. The summed E-state index contributed by atoms with van der Waals surface area (Å²) in [6, 6.07) is 19.7. The van der Waals surface area contributed by atoms with Crippen molar-refractivity contribution in [3.63, 3.8) is 0 Å². The molecule has 1 amide bonds. The number of nitrogens with one attached hydrogen (secondary N) is 2. The maximum Gasteiger partial charge on any atom is 0.237 e. The van der Waals surface area contributed by atoms with Crippen LogP contribution < -0.4 is 10.6 Å². The third kappa shape index (κ3) is 4.89. The number of benzene rings is 3. The van der Waals surface area contributed by atoms with Gasteiger partial charge in [0.15, 0.2) is 11.0 Å². The number of anilines is 2. The van der Waals surface area contributed by atoms with Crippen molar-refractivity contribution in [1.82, 2.24) is 14.8 Å². The van der Waals surface area contributed by atoms with Gasteiger partial charge in [-0.1, -0.05) is 65.8 Å². The van der Waals surface area contributed by atoms with Crippen LogP contribution in [-0.2, 0) is 18.4 Å². The highest BCUT2D eigenvalue weighted by Crippen LogP contribution is 2.26. The summed E-state index contributed by atoms with van der Waals surface area (Å²) in [6.07, 6.45) is 0. The molecule has 3 aromatic carbocycles. The lowest BCUT2D eigenvalue weighted by atomic mass is 10.1. The first-order valence-corrected chi connectivity index (χ1v) is 11.5. The standard InChI is InChI=1S/C24H24ClN5OS/c1-15-11-12-18(13-20(15)25)26-14-22-28-29-24(30(22)3)32-16(2)23(31)27-21-10-6-8-17-7-4-5-9-19(17)21/h4-13,16,26H,14H2,1-3H3,(H,27,31)/t16-/m1/s1. The Morgan fingerprint density at radius 2 is 1.91 bits per heavy atom. The van der Waals surface area contributed by atoms with E-state index in [1.807, 2.05) is 86.1 Å². The number of hydrogen-bond acceptors (Lipinski definition) is 5. The number of carbonyl (C=O) groups is 1. The van der Waals surface area contributed by atoms with E-state index in [-0.39, 0.29) is 11.2 Å². The number of aromatic nitrogens is 3. The number of hydrogen-bond donors (Lipinski definition) is 2. The lowest BCUT2D eigenvalue weighted by molar-refractivity contribution is -0.115. The van der Waals surface area contributed by atoms with E-state index in [4.69, 9.17) is 11.6 Å². The zero-order chi connectivity index (χ0) is 22.7. The fraction of sp³-hybridized carbons (Fsp3) is 0.208. The largest absolute Gasteiger partial charge is 0.378 e. The number of aryl methyl sites for hydroxylation is 1. The van der Waals surface area contributed by atoms with Crippen molar-refractivity contribution in [2.24, 2.45) is 7.05 Å². The Balaban J connectivity index is 1.39. The van der Waals surface area contributed by atoms with Crippen molar-refractivity contribution in [3.05, 3.63) is 77.1 Å². The van der Waals surface area contributed by atoms with Crippen LogP contribution in [0.1, 0.15) is 18.3 Å². The molecule has 0 saturated heterocycles. The molecule has 164 valence electrons. The molecule has 0 fully saturated rings. The predicted octanol–water partition coefficient (Wildman–Crippen LogP) is 5.66. The minimum Gasteiger partial charge on any atom is -0.378 e. The Morgan fingerprint density at radius 3 is 2.72 bits per heavy atom. The fourth-order valence-electron chi connectivity index (χ4n) is 3.27. The second-order valence-corrected chi connectivity index (χ2v) is 9.27. The van der Waals surface area contributed by atoms with Gasteiger partial charge in [0, 0.05) is 28.8 Å². The Morgan fingerprint density at radius 1 is 1.12 bits per heavy atom. The van der Waals surface area contributed by atoms with E-state index in [1.165, 1.54) is 11.8 Å². The van der Waals surface area contributed by atoms with Crippen molar-refractivity contribution in [2.75, 3.05) is 10.6 Å². The first-order valence-electron chi connectivity index (χ1n) is 10.3. The van der Waals surface area contributed by atoms with Crippen LogP contribution in [0.3, 0.4) is 0 Å². The van der Waals surface area contributed by atoms with Crippen LogP contribution in [0.25, 0.3) is 10.8 Å². The van der Waals surface area contributed by atoms with E-state index < -0.39 is 0 Å². The highest BCUT2D eigenvalue weighted by molar-refractivity contribution is 8.00. The van der Waals surface area contributed by atoms with E-state index in [0.29, 0.717) is 11.7 Å². The molecule has 32 heavy (non-hydrogen) atoms. The first-order chi connectivity index (χ1) is 15.4. The molecule has 1 aromatic heterocycles. The van der Waals surface area contributed by atoms with Gasteiger partial charge in [-0.25, -0.2) is 0 Å². The van der Waals surface area contributed by atoms with E-state index in [0.717, 1.165) is 38.6 Å². The number of thioether (sulfide) groups is 1. The predicted molar refractivity (Wildman–Crippen MR) is 132 cm³/mol. The number of carbonyl (C=O) groups excluding carboxylic acids is 1. The zero-order valence-corrected chi connectivity index (χ0v) is 19.7. The van der Waals surface area contributed by atoms with Gasteiger partial charge in [-0.2, -0.15) is 0 Å². The summed E-state index contributed by atoms with van der Waals surface area (Å²) in [5.41, 5.74) is 2.76. The van der Waals surface area contributed by atoms with Crippen LogP contribution in [0.4, 0.5) is 11.4 Å². The third-order valence-corrected chi connectivity index (χ3v) is 6.79. The van der Waals surface area contributed by atoms with Crippen molar-refractivity contribution in [3.8, 4) is 0 Å². The van der Waals surface area contributed by atoms with Crippen LogP contribution >= 0.6 is 23.4 Å². The average Bonchev–Trinajstić information content (AvgIpc) is 3.14. The molecule has 0 bridgehead atoms. The second-order valence-electron chi connectivity index (χ2n) is 7.55. The van der Waals surface area contributed by atoms with Gasteiger partial charge in [-0.3, -0.25) is 4.79 Å². The molecule has 1 atom stereocenters. The maximum atomic E-state index is 12.8. The minimum absolute atomic E-state index is 0.0803. The number of nitrogens with zero attached hydrogens (tertiary/aromatic N) is 3. The molecular formula is C24H24ClN5OS. The summed E-state index contributed by atoms with van der Waals surface area (Å²) in [6.45, 7) is 4.34. The topological polar surface area (TPSA) is 71.8 Å². The molecule has 1 heterocycles. The third-order valence-electron chi connectivity index (χ3n) is 5.25. The monoisotopic (exact) mass is 465 g/mol. The summed E-state index contributed by atoms with van der Waals surface area (Å²) in [5, 5.41) is 18.1. The van der Waals surface area contributed by atoms with Crippen LogP contribution in [0, 0.1) is 6.92 Å². The van der Waals surface area contributed by atoms with Gasteiger partial charge in [0.25, 0.3) is 0 Å². The van der Waals surface area contributed by atoms with Gasteiger partial charge in [-0.15, -0.1) is 10.2 Å². The molecular weight excluding hydrogens is 442 g/mol. The maximum absolute atomic E-state index is 12.8. The zero-order valence-electron chi connectivity index (χ0n) is 18.1. The number of rotatable bonds is 7. The number of amides is 1. The van der Waals surface area contributed by atoms with Gasteiger partial charge >= 0.3 is 0 Å². The molecule has 2 N–H and O–H groups in total. The fourth-order valence-corrected chi connectivity index (χ4v) is 4.28. The molecule has 0 spiro atoms. The molecule has 0 unspecified atom stereocenters. The summed E-state index contributed by atoms with van der Waals surface area (Å²) < 4.78 is 1.90. The van der Waals surface area contributed by atoms with Crippen molar-refractivity contribution >= 4 is 51.4 Å². The van der Waals surface area contributed by atoms with Gasteiger partial charge in [-0.05, 0) is 43.0 Å². The quantitative estimate of drug-likeness (QED) is 0.344. The van der Waals surface area contributed by atoms with Gasteiger partial charge in [0.1, 0.15) is 0 Å².